The maximum Gasteiger partial charge on any atom is 0.264 e. The van der Waals surface area contributed by atoms with E-state index in [0.29, 0.717) is 17.1 Å². The maximum absolute atomic E-state index is 15.1. The Bertz CT molecular complexity index is 1750. The average molecular weight is 664 g/mol. The van der Waals surface area contributed by atoms with E-state index in [1.54, 1.807) is 55.5 Å². The molecule has 10 heteroatoms. The van der Waals surface area contributed by atoms with Gasteiger partial charge in [-0.1, -0.05) is 97.2 Å². The van der Waals surface area contributed by atoms with Gasteiger partial charge in [0.1, 0.15) is 18.4 Å². The summed E-state index contributed by atoms with van der Waals surface area (Å²) in [4.78, 5) is 29.6. The summed E-state index contributed by atoms with van der Waals surface area (Å²) in [5, 5.41) is 3.26. The molecule has 0 bridgehead atoms. The van der Waals surface area contributed by atoms with Crippen LogP contribution in [-0.4, -0.2) is 44.3 Å². The minimum absolute atomic E-state index is 0.0101. The fraction of sp³-hybridized carbons (Fsp3) is 0.278. The molecule has 0 aromatic heterocycles. The first kappa shape index (κ1) is 34.7. The van der Waals surface area contributed by atoms with Gasteiger partial charge in [0.25, 0.3) is 10.0 Å². The molecule has 7 nitrogen and oxygen atoms in total. The van der Waals surface area contributed by atoms with Gasteiger partial charge in [-0.15, -0.1) is 0 Å². The number of carbonyl (C=O) groups excluding carboxylic acids is 2. The predicted molar refractivity (Wildman–Crippen MR) is 181 cm³/mol. The molecular weight excluding hydrogens is 625 g/mol. The minimum Gasteiger partial charge on any atom is -0.354 e. The Hall–Kier alpha value is -4.21. The molecule has 1 atom stereocenters. The van der Waals surface area contributed by atoms with E-state index >= 15 is 4.39 Å². The molecule has 0 unspecified atom stereocenters. The Kier molecular flexibility index (Phi) is 12.0. The van der Waals surface area contributed by atoms with Crippen molar-refractivity contribution in [1.82, 2.24) is 10.2 Å². The summed E-state index contributed by atoms with van der Waals surface area (Å²) in [6.45, 7) is 5.02. The highest BCUT2D eigenvalue weighted by Crippen LogP contribution is 2.31. The van der Waals surface area contributed by atoms with E-state index in [-0.39, 0.29) is 29.1 Å². The van der Waals surface area contributed by atoms with Crippen LogP contribution in [0.25, 0.3) is 0 Å². The molecule has 0 heterocycles. The Labute approximate surface area is 276 Å². The number of anilines is 1. The summed E-state index contributed by atoms with van der Waals surface area (Å²) >= 11 is 6.43. The van der Waals surface area contributed by atoms with Gasteiger partial charge < -0.3 is 10.2 Å². The van der Waals surface area contributed by atoms with Crippen molar-refractivity contribution in [2.24, 2.45) is 0 Å². The van der Waals surface area contributed by atoms with E-state index in [2.05, 4.69) is 5.32 Å². The monoisotopic (exact) mass is 663 g/mol. The number of nitrogens with zero attached hydrogens (tertiary/aromatic N) is 2. The molecular formula is C36H39ClFN3O4S. The van der Waals surface area contributed by atoms with Crippen LogP contribution in [0.15, 0.2) is 102 Å². The zero-order valence-corrected chi connectivity index (χ0v) is 27.8. The van der Waals surface area contributed by atoms with Crippen LogP contribution in [-0.2, 0) is 32.6 Å². The maximum atomic E-state index is 15.1. The minimum atomic E-state index is -4.29. The first-order valence-electron chi connectivity index (χ1n) is 15.2. The zero-order valence-electron chi connectivity index (χ0n) is 26.2. The van der Waals surface area contributed by atoms with Crippen LogP contribution in [0.4, 0.5) is 10.1 Å². The highest BCUT2D eigenvalue weighted by Gasteiger charge is 2.35. The first-order chi connectivity index (χ1) is 22.0. The Morgan fingerprint density at radius 2 is 1.57 bits per heavy atom. The van der Waals surface area contributed by atoms with Crippen molar-refractivity contribution in [3.63, 3.8) is 0 Å². The Balaban J connectivity index is 1.83. The molecule has 0 spiro atoms. The van der Waals surface area contributed by atoms with E-state index in [4.69, 9.17) is 11.6 Å². The van der Waals surface area contributed by atoms with Gasteiger partial charge in [0.05, 0.1) is 10.6 Å². The number of nitrogens with one attached hydrogen (secondary N) is 1. The number of benzene rings is 4. The molecule has 4 aromatic carbocycles. The van der Waals surface area contributed by atoms with Crippen LogP contribution in [0, 0.1) is 19.7 Å². The quantitative estimate of drug-likeness (QED) is 0.150. The van der Waals surface area contributed by atoms with Gasteiger partial charge in [0.15, 0.2) is 0 Å². The Morgan fingerprint density at radius 1 is 0.891 bits per heavy atom. The van der Waals surface area contributed by atoms with Crippen LogP contribution >= 0.6 is 11.6 Å². The van der Waals surface area contributed by atoms with Crippen molar-refractivity contribution in [3.05, 3.63) is 130 Å². The number of unbranched alkanes of at least 4 members (excludes halogenated alkanes) is 1. The van der Waals surface area contributed by atoms with Crippen molar-refractivity contribution in [2.45, 2.75) is 57.5 Å². The molecule has 46 heavy (non-hydrogen) atoms. The Morgan fingerprint density at radius 3 is 2.24 bits per heavy atom. The fourth-order valence-electron chi connectivity index (χ4n) is 5.09. The van der Waals surface area contributed by atoms with Crippen LogP contribution in [0.3, 0.4) is 0 Å². The summed E-state index contributed by atoms with van der Waals surface area (Å²) in [5.74, 6) is -1.63. The van der Waals surface area contributed by atoms with Crippen LogP contribution in [0.5, 0.6) is 0 Å². The van der Waals surface area contributed by atoms with Gasteiger partial charge in [-0.25, -0.2) is 12.8 Å². The van der Waals surface area contributed by atoms with E-state index in [1.165, 1.54) is 23.1 Å². The van der Waals surface area contributed by atoms with Crippen molar-refractivity contribution in [3.8, 4) is 0 Å². The van der Waals surface area contributed by atoms with Gasteiger partial charge in [-0.3, -0.25) is 13.9 Å². The molecule has 0 radical (unpaired) electrons. The zero-order chi connectivity index (χ0) is 33.3. The third-order valence-electron chi connectivity index (χ3n) is 7.79. The molecule has 4 aromatic rings. The van der Waals surface area contributed by atoms with Gasteiger partial charge in [-0.05, 0) is 61.7 Å². The van der Waals surface area contributed by atoms with Gasteiger partial charge >= 0.3 is 0 Å². The lowest BCUT2D eigenvalue weighted by molar-refractivity contribution is -0.140. The molecule has 0 saturated carbocycles. The van der Waals surface area contributed by atoms with Crippen molar-refractivity contribution in [2.75, 3.05) is 17.4 Å². The summed E-state index contributed by atoms with van der Waals surface area (Å²) in [6.07, 6.45) is 1.73. The van der Waals surface area contributed by atoms with Crippen molar-refractivity contribution in [1.29, 1.82) is 0 Å². The molecule has 0 fully saturated rings. The number of aryl methyl sites for hydroxylation is 1. The summed E-state index contributed by atoms with van der Waals surface area (Å²) in [5.41, 5.74) is 2.54. The topological polar surface area (TPSA) is 86.8 Å². The summed E-state index contributed by atoms with van der Waals surface area (Å²) < 4.78 is 44.5. The van der Waals surface area contributed by atoms with E-state index < -0.39 is 40.2 Å². The van der Waals surface area contributed by atoms with Gasteiger partial charge in [0.2, 0.25) is 11.8 Å². The molecule has 242 valence electrons. The number of amides is 2. The van der Waals surface area contributed by atoms with E-state index in [9.17, 15) is 18.0 Å². The molecule has 0 aliphatic carbocycles. The number of hydrogen-bond acceptors (Lipinski definition) is 4. The fourth-order valence-corrected chi connectivity index (χ4v) is 6.73. The number of halogens is 2. The predicted octanol–water partition coefficient (Wildman–Crippen LogP) is 6.85. The number of carbonyl (C=O) groups is 2. The number of sulfonamides is 1. The molecule has 0 saturated heterocycles. The lowest BCUT2D eigenvalue weighted by Gasteiger charge is -2.34. The third kappa shape index (κ3) is 8.53. The van der Waals surface area contributed by atoms with E-state index in [0.717, 1.165) is 28.3 Å². The van der Waals surface area contributed by atoms with Gasteiger partial charge in [-0.2, -0.15) is 0 Å². The second-order valence-corrected chi connectivity index (χ2v) is 13.4. The second-order valence-electron chi connectivity index (χ2n) is 11.2. The van der Waals surface area contributed by atoms with Gasteiger partial charge in [0, 0.05) is 30.1 Å². The van der Waals surface area contributed by atoms with Crippen LogP contribution in [0.1, 0.15) is 42.0 Å². The van der Waals surface area contributed by atoms with Crippen molar-refractivity contribution < 1.29 is 22.4 Å². The highest BCUT2D eigenvalue weighted by atomic mass is 35.5. The smallest absolute Gasteiger partial charge is 0.264 e. The summed E-state index contributed by atoms with van der Waals surface area (Å²) in [7, 11) is -4.29. The highest BCUT2D eigenvalue weighted by molar-refractivity contribution is 7.92. The standard InChI is InChI=1S/C36H39ClFN3O4S/c1-4-5-22-39-36(43)34(23-28-12-7-6-8-13-28)40(24-29-14-9-10-16-32(29)38)35(42)25-41(33-17-11-15-31(37)27(33)3)46(44,45)30-20-18-26(2)19-21-30/h6-21,34H,4-5,22-25H2,1-3H3,(H,39,43)/t34-/m0/s1. The SMILES string of the molecule is CCCCNC(=O)[C@H](Cc1ccccc1)N(Cc1ccccc1F)C(=O)CN(c1cccc(Cl)c1C)S(=O)(=O)c1ccc(C)cc1. The number of hydrogen-bond donors (Lipinski definition) is 1. The van der Waals surface area contributed by atoms with Crippen molar-refractivity contribution >= 4 is 39.1 Å². The largest absolute Gasteiger partial charge is 0.354 e. The normalized spacial score (nSPS) is 11.9. The lowest BCUT2D eigenvalue weighted by atomic mass is 10.0. The number of rotatable bonds is 14. The summed E-state index contributed by atoms with van der Waals surface area (Å²) in [6, 6.07) is 25.4. The second kappa shape index (κ2) is 15.9. The molecule has 2 amide bonds. The molecule has 0 aliphatic heterocycles. The van der Waals surface area contributed by atoms with Crippen LogP contribution < -0.4 is 9.62 Å². The van der Waals surface area contributed by atoms with E-state index in [1.807, 2.05) is 44.2 Å². The molecule has 1 N–H and O–H groups in total. The lowest BCUT2D eigenvalue weighted by Crippen LogP contribution is -2.53. The third-order valence-corrected chi connectivity index (χ3v) is 9.98. The molecule has 0 aliphatic rings. The molecule has 4 rings (SSSR count). The first-order valence-corrected chi connectivity index (χ1v) is 17.0. The average Bonchev–Trinajstić information content (AvgIpc) is 3.04. The van der Waals surface area contributed by atoms with Crippen LogP contribution in [0.2, 0.25) is 5.02 Å².